The van der Waals surface area contributed by atoms with Gasteiger partial charge < -0.3 is 4.74 Å². The van der Waals surface area contributed by atoms with Gasteiger partial charge in [0.2, 0.25) is 0 Å². The second-order valence-electron chi connectivity index (χ2n) is 2.62. The van der Waals surface area contributed by atoms with Crippen LogP contribution in [-0.4, -0.2) is 18.6 Å². The minimum atomic E-state index is 0.213. The normalized spacial score (nSPS) is 22.8. The predicted octanol–water partition coefficient (Wildman–Crippen LogP) is 2.19. The van der Waals surface area contributed by atoms with E-state index >= 15 is 0 Å². The highest BCUT2D eigenvalue weighted by Crippen LogP contribution is 2.10. The first kappa shape index (κ1) is 8.90. The summed E-state index contributed by atoms with van der Waals surface area (Å²) in [6.07, 6.45) is 4.37. The van der Waals surface area contributed by atoms with Crippen molar-refractivity contribution in [3.05, 3.63) is 0 Å². The Labute approximate surface area is 73.1 Å². The van der Waals surface area contributed by atoms with Crippen LogP contribution in [0.2, 0.25) is 0 Å². The third kappa shape index (κ3) is 3.65. The van der Waals surface area contributed by atoms with Crippen molar-refractivity contribution in [1.82, 2.24) is 0 Å². The molecule has 2 heteroatoms. The molecule has 0 bridgehead atoms. The van der Waals surface area contributed by atoms with Crippen molar-refractivity contribution in [3.63, 3.8) is 0 Å². The van der Waals surface area contributed by atoms with Crippen LogP contribution in [0.1, 0.15) is 25.7 Å². The molecule has 0 amide bonds. The fourth-order valence-corrected chi connectivity index (χ4v) is 1.17. The Morgan fingerprint density at radius 2 is 2.45 bits per heavy atom. The van der Waals surface area contributed by atoms with E-state index in [1.807, 2.05) is 0 Å². The van der Waals surface area contributed by atoms with E-state index in [0.29, 0.717) is 5.88 Å². The molecule has 1 atom stereocenters. The topological polar surface area (TPSA) is 9.23 Å². The maximum atomic E-state index is 5.50. The molecule has 1 fully saturated rings. The molecule has 0 radical (unpaired) electrons. The second-order valence-corrected chi connectivity index (χ2v) is 2.99. The molecule has 62 valence electrons. The van der Waals surface area contributed by atoms with Crippen molar-refractivity contribution >= 4 is 11.6 Å². The van der Waals surface area contributed by atoms with Crippen molar-refractivity contribution in [1.29, 1.82) is 0 Å². The Morgan fingerprint density at radius 1 is 1.55 bits per heavy atom. The van der Waals surface area contributed by atoms with Crippen molar-refractivity contribution < 1.29 is 4.74 Å². The van der Waals surface area contributed by atoms with Gasteiger partial charge in [0, 0.05) is 18.9 Å². The third-order valence-electron chi connectivity index (χ3n) is 1.63. The summed E-state index contributed by atoms with van der Waals surface area (Å²) >= 11 is 5.50. The van der Waals surface area contributed by atoms with Gasteiger partial charge in [-0.1, -0.05) is 5.92 Å². The molecule has 0 N–H and O–H groups in total. The zero-order chi connectivity index (χ0) is 7.94. The summed E-state index contributed by atoms with van der Waals surface area (Å²) in [4.78, 5) is 0. The molecule has 1 nitrogen and oxygen atoms in total. The van der Waals surface area contributed by atoms with Gasteiger partial charge in [0.15, 0.2) is 0 Å². The summed E-state index contributed by atoms with van der Waals surface area (Å²) in [7, 11) is 0. The van der Waals surface area contributed by atoms with Crippen LogP contribution >= 0.6 is 11.6 Å². The highest BCUT2D eigenvalue weighted by molar-refractivity contribution is 6.17. The SMILES string of the molecule is ClCCCC#CC1CCCO1. The molecule has 1 aliphatic heterocycles. The molecule has 0 saturated carbocycles. The zero-order valence-electron chi connectivity index (χ0n) is 6.61. The van der Waals surface area contributed by atoms with E-state index in [1.165, 1.54) is 0 Å². The van der Waals surface area contributed by atoms with Crippen molar-refractivity contribution in [2.24, 2.45) is 0 Å². The number of halogens is 1. The molecule has 1 saturated heterocycles. The molecular weight excluding hydrogens is 160 g/mol. The molecule has 1 rings (SSSR count). The quantitative estimate of drug-likeness (QED) is 0.353. The monoisotopic (exact) mass is 172 g/mol. The molecule has 0 aromatic rings. The van der Waals surface area contributed by atoms with E-state index in [1.54, 1.807) is 0 Å². The first-order chi connectivity index (χ1) is 5.43. The lowest BCUT2D eigenvalue weighted by molar-refractivity contribution is 0.152. The fourth-order valence-electron chi connectivity index (χ4n) is 1.03. The number of hydrogen-bond acceptors (Lipinski definition) is 1. The van der Waals surface area contributed by atoms with Gasteiger partial charge in [-0.3, -0.25) is 0 Å². The van der Waals surface area contributed by atoms with Gasteiger partial charge in [-0.05, 0) is 19.3 Å². The van der Waals surface area contributed by atoms with Crippen molar-refractivity contribution in [2.45, 2.75) is 31.8 Å². The molecule has 1 aliphatic rings. The average Bonchev–Trinajstić information content (AvgIpc) is 2.50. The first-order valence-corrected chi connectivity index (χ1v) is 4.63. The van der Waals surface area contributed by atoms with E-state index in [9.17, 15) is 0 Å². The maximum absolute atomic E-state index is 5.50. The number of hydrogen-bond donors (Lipinski definition) is 0. The van der Waals surface area contributed by atoms with Gasteiger partial charge in [0.1, 0.15) is 6.10 Å². The van der Waals surface area contributed by atoms with Crippen LogP contribution in [0.3, 0.4) is 0 Å². The largest absolute Gasteiger partial charge is 0.366 e. The minimum Gasteiger partial charge on any atom is -0.366 e. The zero-order valence-corrected chi connectivity index (χ0v) is 7.36. The molecule has 1 heterocycles. The Bertz CT molecular complexity index is 151. The number of alkyl halides is 1. The maximum Gasteiger partial charge on any atom is 0.118 e. The number of rotatable bonds is 2. The summed E-state index contributed by atoms with van der Waals surface area (Å²) in [5.41, 5.74) is 0. The Kier molecular flexibility index (Phi) is 4.42. The summed E-state index contributed by atoms with van der Waals surface area (Å²) in [6.45, 7) is 0.884. The standard InChI is InChI=1S/C9H13ClO/c10-7-3-1-2-5-9-6-4-8-11-9/h9H,1,3-4,6-8H2. The van der Waals surface area contributed by atoms with Crippen LogP contribution in [-0.2, 0) is 4.74 Å². The van der Waals surface area contributed by atoms with Crippen LogP contribution in [0.5, 0.6) is 0 Å². The summed E-state index contributed by atoms with van der Waals surface area (Å²) in [6, 6.07) is 0. The van der Waals surface area contributed by atoms with E-state index in [0.717, 1.165) is 32.3 Å². The van der Waals surface area contributed by atoms with Gasteiger partial charge in [0.05, 0.1) is 0 Å². The predicted molar refractivity (Wildman–Crippen MR) is 46.7 cm³/mol. The molecule has 0 spiro atoms. The summed E-state index contributed by atoms with van der Waals surface area (Å²) in [5.74, 6) is 6.86. The van der Waals surface area contributed by atoms with Crippen LogP contribution < -0.4 is 0 Å². The van der Waals surface area contributed by atoms with Crippen molar-refractivity contribution in [2.75, 3.05) is 12.5 Å². The lowest BCUT2D eigenvalue weighted by Gasteiger charge is -1.96. The summed E-state index contributed by atoms with van der Waals surface area (Å²) in [5, 5.41) is 0. The van der Waals surface area contributed by atoms with Crippen LogP contribution in [0, 0.1) is 11.8 Å². The number of unbranched alkanes of at least 4 members (excludes halogenated alkanes) is 1. The van der Waals surface area contributed by atoms with Crippen LogP contribution in [0.4, 0.5) is 0 Å². The van der Waals surface area contributed by atoms with E-state index < -0.39 is 0 Å². The Morgan fingerprint density at radius 3 is 3.09 bits per heavy atom. The lowest BCUT2D eigenvalue weighted by atomic mass is 10.2. The van der Waals surface area contributed by atoms with Gasteiger partial charge in [-0.2, -0.15) is 0 Å². The third-order valence-corrected chi connectivity index (χ3v) is 1.90. The van der Waals surface area contributed by atoms with Gasteiger partial charge in [-0.15, -0.1) is 17.5 Å². The van der Waals surface area contributed by atoms with Gasteiger partial charge in [-0.25, -0.2) is 0 Å². The molecular formula is C9H13ClO. The Balaban J connectivity index is 2.09. The second kappa shape index (κ2) is 5.46. The fraction of sp³-hybridized carbons (Fsp3) is 0.778. The van der Waals surface area contributed by atoms with Crippen LogP contribution in [0.25, 0.3) is 0 Å². The smallest absolute Gasteiger partial charge is 0.118 e. The molecule has 11 heavy (non-hydrogen) atoms. The van der Waals surface area contributed by atoms with E-state index in [2.05, 4.69) is 11.8 Å². The van der Waals surface area contributed by atoms with Gasteiger partial charge >= 0.3 is 0 Å². The molecule has 0 aromatic carbocycles. The highest BCUT2D eigenvalue weighted by atomic mass is 35.5. The molecule has 0 aliphatic carbocycles. The molecule has 1 unspecified atom stereocenters. The van der Waals surface area contributed by atoms with E-state index in [-0.39, 0.29) is 6.10 Å². The molecule has 0 aromatic heterocycles. The van der Waals surface area contributed by atoms with Gasteiger partial charge in [0.25, 0.3) is 0 Å². The van der Waals surface area contributed by atoms with Crippen LogP contribution in [0.15, 0.2) is 0 Å². The van der Waals surface area contributed by atoms with E-state index in [4.69, 9.17) is 16.3 Å². The highest BCUT2D eigenvalue weighted by Gasteiger charge is 2.11. The van der Waals surface area contributed by atoms with Crippen molar-refractivity contribution in [3.8, 4) is 11.8 Å². The average molecular weight is 173 g/mol. The number of ether oxygens (including phenoxy) is 1. The minimum absolute atomic E-state index is 0.213. The lowest BCUT2D eigenvalue weighted by Crippen LogP contribution is -1.99. The first-order valence-electron chi connectivity index (χ1n) is 4.09. The Hall–Kier alpha value is -0.190. The summed E-state index contributed by atoms with van der Waals surface area (Å²) < 4.78 is 5.33.